The zero-order valence-electron chi connectivity index (χ0n) is 12.5. The van der Waals surface area contributed by atoms with Gasteiger partial charge in [0.2, 0.25) is 0 Å². The Bertz CT molecular complexity index is 743. The molecule has 7 heteroatoms. The molecule has 0 saturated carbocycles. The molecule has 1 heterocycles. The fraction of sp³-hybridized carbons (Fsp3) is 0.312. The van der Waals surface area contributed by atoms with Crippen LogP contribution in [0, 0.1) is 22.7 Å². The smallest absolute Gasteiger partial charge is 0.176 e. The monoisotopic (exact) mass is 330 g/mol. The second kappa shape index (κ2) is 7.75. The first-order valence-corrected chi connectivity index (χ1v) is 7.33. The predicted octanol–water partition coefficient (Wildman–Crippen LogP) is 2.42. The van der Waals surface area contributed by atoms with Gasteiger partial charge in [-0.25, -0.2) is 4.98 Å². The number of halogens is 1. The van der Waals surface area contributed by atoms with E-state index in [-0.39, 0.29) is 30.6 Å². The maximum atomic E-state index is 10.1. The fourth-order valence-corrected chi connectivity index (χ4v) is 2.21. The number of hydrogen-bond donors (Lipinski definition) is 1. The molecule has 0 bridgehead atoms. The number of hydrogen-bond acceptors (Lipinski definition) is 5. The second-order valence-corrected chi connectivity index (χ2v) is 5.44. The number of aromatic nitrogens is 2. The van der Waals surface area contributed by atoms with Crippen LogP contribution in [0.1, 0.15) is 30.0 Å². The van der Waals surface area contributed by atoms with Gasteiger partial charge in [-0.1, -0.05) is 23.7 Å². The van der Waals surface area contributed by atoms with Crippen LogP contribution in [0.3, 0.4) is 0 Å². The first kappa shape index (κ1) is 17.0. The molecule has 2 aromatic rings. The molecule has 6 nitrogen and oxygen atoms in total. The van der Waals surface area contributed by atoms with Crippen molar-refractivity contribution >= 4 is 11.6 Å². The number of rotatable bonds is 6. The number of imidazole rings is 1. The van der Waals surface area contributed by atoms with E-state index in [0.717, 1.165) is 5.56 Å². The van der Waals surface area contributed by atoms with E-state index in [4.69, 9.17) is 26.9 Å². The highest BCUT2D eigenvalue weighted by atomic mass is 35.5. The van der Waals surface area contributed by atoms with Gasteiger partial charge in [0.15, 0.2) is 11.4 Å². The van der Waals surface area contributed by atoms with E-state index in [1.165, 1.54) is 10.9 Å². The summed E-state index contributed by atoms with van der Waals surface area (Å²) in [7, 11) is 0. The molecule has 0 radical (unpaired) electrons. The maximum absolute atomic E-state index is 10.1. The van der Waals surface area contributed by atoms with Crippen LogP contribution in [0.2, 0.25) is 5.02 Å². The molecular formula is C16H15ClN4O2. The molecule has 2 unspecified atom stereocenters. The van der Waals surface area contributed by atoms with E-state index in [1.54, 1.807) is 12.1 Å². The van der Waals surface area contributed by atoms with Crippen LogP contribution < -0.4 is 0 Å². The number of nitrogens with zero attached hydrogens (tertiary/aromatic N) is 4. The molecular weight excluding hydrogens is 316 g/mol. The van der Waals surface area contributed by atoms with Crippen LogP contribution in [0.15, 0.2) is 30.6 Å². The molecule has 0 amide bonds. The van der Waals surface area contributed by atoms with Gasteiger partial charge < -0.3 is 14.4 Å². The largest absolute Gasteiger partial charge is 0.389 e. The van der Waals surface area contributed by atoms with Crippen molar-refractivity contribution in [3.8, 4) is 12.1 Å². The molecule has 0 aliphatic heterocycles. The maximum Gasteiger partial charge on any atom is 0.176 e. The Morgan fingerprint density at radius 1 is 1.30 bits per heavy atom. The van der Waals surface area contributed by atoms with E-state index in [9.17, 15) is 5.11 Å². The van der Waals surface area contributed by atoms with E-state index >= 15 is 0 Å². The highest BCUT2D eigenvalue weighted by Gasteiger charge is 2.15. The van der Waals surface area contributed by atoms with Crippen molar-refractivity contribution in [3.63, 3.8) is 0 Å². The fourth-order valence-electron chi connectivity index (χ4n) is 2.08. The first-order chi connectivity index (χ1) is 11.0. The third kappa shape index (κ3) is 4.30. The van der Waals surface area contributed by atoms with E-state index < -0.39 is 6.10 Å². The van der Waals surface area contributed by atoms with Gasteiger partial charge in [-0.3, -0.25) is 0 Å². The normalized spacial score (nSPS) is 13.1. The standard InChI is InChI=1S/C16H15ClN4O2/c1-11(12-2-4-13(17)5-3-12)23-9-14(22)8-21-10-20-15(6-18)16(21)7-19/h2-5,10-11,14,22H,8-9H2,1H3. The lowest BCUT2D eigenvalue weighted by Gasteiger charge is -2.17. The van der Waals surface area contributed by atoms with Gasteiger partial charge in [-0.2, -0.15) is 10.5 Å². The van der Waals surface area contributed by atoms with Gasteiger partial charge in [0.05, 0.1) is 31.7 Å². The number of aliphatic hydroxyl groups excluding tert-OH is 1. The van der Waals surface area contributed by atoms with E-state index in [0.29, 0.717) is 5.02 Å². The van der Waals surface area contributed by atoms with Crippen LogP contribution >= 0.6 is 11.6 Å². The Morgan fingerprint density at radius 3 is 2.61 bits per heavy atom. The third-order valence-electron chi connectivity index (χ3n) is 3.34. The predicted molar refractivity (Wildman–Crippen MR) is 83.5 cm³/mol. The van der Waals surface area contributed by atoms with Crippen LogP contribution in [0.4, 0.5) is 0 Å². The number of aliphatic hydroxyl groups is 1. The van der Waals surface area contributed by atoms with Crippen molar-refractivity contribution in [1.82, 2.24) is 9.55 Å². The molecule has 1 N–H and O–H groups in total. The summed E-state index contributed by atoms with van der Waals surface area (Å²) in [5, 5.41) is 28.6. The van der Waals surface area contributed by atoms with Crippen molar-refractivity contribution in [2.45, 2.75) is 25.7 Å². The summed E-state index contributed by atoms with van der Waals surface area (Å²) in [6.07, 6.45) is 0.343. The van der Waals surface area contributed by atoms with Gasteiger partial charge >= 0.3 is 0 Å². The average Bonchev–Trinajstić information content (AvgIpc) is 2.94. The summed E-state index contributed by atoms with van der Waals surface area (Å²) < 4.78 is 7.08. The second-order valence-electron chi connectivity index (χ2n) is 5.00. The van der Waals surface area contributed by atoms with Crippen molar-refractivity contribution in [1.29, 1.82) is 10.5 Å². The molecule has 0 spiro atoms. The van der Waals surface area contributed by atoms with Crippen molar-refractivity contribution in [3.05, 3.63) is 52.6 Å². The Morgan fingerprint density at radius 2 is 2.00 bits per heavy atom. The third-order valence-corrected chi connectivity index (χ3v) is 3.59. The van der Waals surface area contributed by atoms with Gasteiger partial charge in [-0.05, 0) is 24.6 Å². The van der Waals surface area contributed by atoms with Crippen LogP contribution in [-0.2, 0) is 11.3 Å². The minimum atomic E-state index is -0.822. The van der Waals surface area contributed by atoms with Crippen molar-refractivity contribution < 1.29 is 9.84 Å². The van der Waals surface area contributed by atoms with E-state index in [2.05, 4.69) is 4.98 Å². The van der Waals surface area contributed by atoms with Crippen molar-refractivity contribution in [2.75, 3.05) is 6.61 Å². The quantitative estimate of drug-likeness (QED) is 0.877. The molecule has 2 rings (SSSR count). The lowest BCUT2D eigenvalue weighted by molar-refractivity contribution is -0.00880. The minimum absolute atomic E-state index is 0.0511. The Hall–Kier alpha value is -2.38. The molecule has 2 atom stereocenters. The number of ether oxygens (including phenoxy) is 1. The zero-order valence-corrected chi connectivity index (χ0v) is 13.2. The van der Waals surface area contributed by atoms with Crippen LogP contribution in [-0.4, -0.2) is 27.4 Å². The molecule has 1 aromatic heterocycles. The number of benzene rings is 1. The number of nitriles is 2. The Balaban J connectivity index is 1.92. The van der Waals surface area contributed by atoms with Gasteiger partial charge in [-0.15, -0.1) is 0 Å². The highest BCUT2D eigenvalue weighted by molar-refractivity contribution is 6.30. The Kier molecular flexibility index (Phi) is 5.72. The summed E-state index contributed by atoms with van der Waals surface area (Å²) in [5.74, 6) is 0. The minimum Gasteiger partial charge on any atom is -0.389 e. The molecule has 0 saturated heterocycles. The molecule has 0 aliphatic carbocycles. The molecule has 1 aromatic carbocycles. The topological polar surface area (TPSA) is 94.9 Å². The lowest BCUT2D eigenvalue weighted by Crippen LogP contribution is -2.23. The summed E-state index contributed by atoms with van der Waals surface area (Å²) in [5.41, 5.74) is 1.14. The van der Waals surface area contributed by atoms with Gasteiger partial charge in [0.25, 0.3) is 0 Å². The zero-order chi connectivity index (χ0) is 16.8. The first-order valence-electron chi connectivity index (χ1n) is 6.95. The average molecular weight is 331 g/mol. The van der Waals surface area contributed by atoms with Crippen molar-refractivity contribution in [2.24, 2.45) is 0 Å². The molecule has 0 aliphatic rings. The summed E-state index contributed by atoms with van der Waals surface area (Å²) in [6.45, 7) is 2.10. The Labute approximate surface area is 139 Å². The van der Waals surface area contributed by atoms with Gasteiger partial charge in [0, 0.05) is 5.02 Å². The molecule has 0 fully saturated rings. The van der Waals surface area contributed by atoms with Gasteiger partial charge in [0.1, 0.15) is 12.1 Å². The highest BCUT2D eigenvalue weighted by Crippen LogP contribution is 2.19. The molecule has 118 valence electrons. The van der Waals surface area contributed by atoms with Crippen LogP contribution in [0.25, 0.3) is 0 Å². The summed E-state index contributed by atoms with van der Waals surface area (Å²) in [6, 6.07) is 11.0. The molecule has 23 heavy (non-hydrogen) atoms. The van der Waals surface area contributed by atoms with Crippen LogP contribution in [0.5, 0.6) is 0 Å². The SMILES string of the molecule is CC(OCC(O)Cn1cnc(C#N)c1C#N)c1ccc(Cl)cc1. The lowest BCUT2D eigenvalue weighted by atomic mass is 10.1. The summed E-state index contributed by atoms with van der Waals surface area (Å²) >= 11 is 5.84. The van der Waals surface area contributed by atoms with E-state index in [1.807, 2.05) is 31.2 Å². The summed E-state index contributed by atoms with van der Waals surface area (Å²) in [4.78, 5) is 3.82.